The summed E-state index contributed by atoms with van der Waals surface area (Å²) >= 11 is 0. The minimum absolute atomic E-state index is 0.309. The van der Waals surface area contributed by atoms with Gasteiger partial charge in [0.05, 0.1) is 0 Å². The highest BCUT2D eigenvalue weighted by Gasteiger charge is 2.30. The molecule has 0 unspecified atom stereocenters. The standard InChI is InChI=1S/C13H18N4O2/c1-3-4-7-17-10(8-5-6-8)14-9-11(17)15-13(19)16(2)12(9)18/h8H,3-7H2,1-2H3,(H,15,19). The predicted molar refractivity (Wildman–Crippen MR) is 72.5 cm³/mol. The zero-order chi connectivity index (χ0) is 13.6. The van der Waals surface area contributed by atoms with E-state index in [1.807, 2.05) is 4.57 Å². The topological polar surface area (TPSA) is 72.7 Å². The number of unbranched alkanes of at least 4 members (excludes halogenated alkanes) is 1. The third-order valence-corrected chi connectivity index (χ3v) is 3.71. The minimum Gasteiger partial charge on any atom is -0.314 e. The van der Waals surface area contributed by atoms with E-state index in [4.69, 9.17) is 0 Å². The van der Waals surface area contributed by atoms with Gasteiger partial charge in [-0.05, 0) is 19.3 Å². The van der Waals surface area contributed by atoms with Crippen LogP contribution < -0.4 is 11.2 Å². The Balaban J connectivity index is 2.27. The van der Waals surface area contributed by atoms with Crippen LogP contribution in [0.2, 0.25) is 0 Å². The molecule has 0 bridgehead atoms. The highest BCUT2D eigenvalue weighted by atomic mass is 16.2. The summed E-state index contributed by atoms with van der Waals surface area (Å²) in [5.41, 5.74) is 0.289. The van der Waals surface area contributed by atoms with E-state index < -0.39 is 0 Å². The van der Waals surface area contributed by atoms with E-state index in [0.717, 1.165) is 42.6 Å². The first-order valence-corrected chi connectivity index (χ1v) is 6.83. The molecular formula is C13H18N4O2. The van der Waals surface area contributed by atoms with Gasteiger partial charge < -0.3 is 4.57 Å². The molecule has 1 saturated carbocycles. The third kappa shape index (κ3) is 1.91. The van der Waals surface area contributed by atoms with Crippen LogP contribution in [0.15, 0.2) is 9.59 Å². The molecule has 19 heavy (non-hydrogen) atoms. The molecule has 102 valence electrons. The number of imidazole rings is 1. The Morgan fingerprint density at radius 3 is 2.74 bits per heavy atom. The number of nitrogens with zero attached hydrogens (tertiary/aromatic N) is 3. The van der Waals surface area contributed by atoms with E-state index in [-0.39, 0.29) is 11.2 Å². The fraction of sp³-hybridized carbons (Fsp3) is 0.615. The van der Waals surface area contributed by atoms with Crippen molar-refractivity contribution in [2.75, 3.05) is 0 Å². The normalized spacial score (nSPS) is 15.3. The van der Waals surface area contributed by atoms with Gasteiger partial charge in [0.15, 0.2) is 5.52 Å². The summed E-state index contributed by atoms with van der Waals surface area (Å²) in [5, 5.41) is 0. The predicted octanol–water partition coefficient (Wildman–Crippen LogP) is 1.10. The maximum absolute atomic E-state index is 12.1. The van der Waals surface area contributed by atoms with Gasteiger partial charge in [0.25, 0.3) is 5.56 Å². The van der Waals surface area contributed by atoms with Gasteiger partial charge >= 0.3 is 5.69 Å². The van der Waals surface area contributed by atoms with Gasteiger partial charge in [-0.1, -0.05) is 13.3 Å². The van der Waals surface area contributed by atoms with Crippen molar-refractivity contribution in [1.82, 2.24) is 19.1 Å². The molecule has 0 radical (unpaired) electrons. The molecular weight excluding hydrogens is 244 g/mol. The number of aromatic amines is 1. The first kappa shape index (κ1) is 12.2. The molecule has 6 nitrogen and oxygen atoms in total. The maximum atomic E-state index is 12.1. The summed E-state index contributed by atoms with van der Waals surface area (Å²) < 4.78 is 3.11. The molecule has 1 fully saturated rings. The lowest BCUT2D eigenvalue weighted by Crippen LogP contribution is -2.32. The molecule has 1 aliphatic rings. The number of aromatic nitrogens is 4. The van der Waals surface area contributed by atoms with Crippen LogP contribution in [0.5, 0.6) is 0 Å². The molecule has 2 heterocycles. The molecule has 1 N–H and O–H groups in total. The average molecular weight is 262 g/mol. The number of hydrogen-bond acceptors (Lipinski definition) is 3. The van der Waals surface area contributed by atoms with Gasteiger partial charge in [-0.15, -0.1) is 0 Å². The van der Waals surface area contributed by atoms with Gasteiger partial charge in [-0.2, -0.15) is 0 Å². The van der Waals surface area contributed by atoms with Gasteiger partial charge in [0.2, 0.25) is 0 Å². The lowest BCUT2D eigenvalue weighted by molar-refractivity contribution is 0.612. The van der Waals surface area contributed by atoms with E-state index in [2.05, 4.69) is 16.9 Å². The van der Waals surface area contributed by atoms with Crippen molar-refractivity contribution in [1.29, 1.82) is 0 Å². The Labute approximate surface area is 110 Å². The van der Waals surface area contributed by atoms with E-state index in [1.54, 1.807) is 0 Å². The van der Waals surface area contributed by atoms with Crippen LogP contribution in [-0.4, -0.2) is 19.1 Å². The number of hydrogen-bond donors (Lipinski definition) is 1. The molecule has 0 amide bonds. The van der Waals surface area contributed by atoms with Crippen molar-refractivity contribution in [3.63, 3.8) is 0 Å². The molecule has 0 aliphatic heterocycles. The van der Waals surface area contributed by atoms with Crippen molar-refractivity contribution in [3.8, 4) is 0 Å². The fourth-order valence-electron chi connectivity index (χ4n) is 2.38. The summed E-state index contributed by atoms with van der Waals surface area (Å²) in [7, 11) is 1.47. The number of aryl methyl sites for hydroxylation is 1. The SMILES string of the molecule is CCCCn1c(C2CC2)nc2c(=O)n(C)c(=O)[nH]c21. The van der Waals surface area contributed by atoms with Crippen LogP contribution >= 0.6 is 0 Å². The smallest absolute Gasteiger partial charge is 0.314 e. The average Bonchev–Trinajstić information content (AvgIpc) is 3.17. The van der Waals surface area contributed by atoms with Crippen LogP contribution in [0.3, 0.4) is 0 Å². The highest BCUT2D eigenvalue weighted by molar-refractivity contribution is 5.70. The van der Waals surface area contributed by atoms with Crippen molar-refractivity contribution in [2.24, 2.45) is 7.05 Å². The zero-order valence-corrected chi connectivity index (χ0v) is 11.3. The van der Waals surface area contributed by atoms with Crippen LogP contribution in [0.4, 0.5) is 0 Å². The van der Waals surface area contributed by atoms with Gasteiger partial charge in [0, 0.05) is 19.5 Å². The van der Waals surface area contributed by atoms with Crippen molar-refractivity contribution >= 4 is 11.2 Å². The highest BCUT2D eigenvalue weighted by Crippen LogP contribution is 2.40. The number of nitrogens with one attached hydrogen (secondary N) is 1. The minimum atomic E-state index is -0.377. The molecule has 0 spiro atoms. The van der Waals surface area contributed by atoms with Gasteiger partial charge in [0.1, 0.15) is 11.5 Å². The van der Waals surface area contributed by atoms with Crippen LogP contribution in [0.25, 0.3) is 11.2 Å². The first-order chi connectivity index (χ1) is 9.13. The molecule has 3 rings (SSSR count). The van der Waals surface area contributed by atoms with Crippen LogP contribution in [-0.2, 0) is 13.6 Å². The van der Waals surface area contributed by atoms with Crippen LogP contribution in [0, 0.1) is 0 Å². The summed E-state index contributed by atoms with van der Waals surface area (Å²) in [5.74, 6) is 1.42. The molecule has 0 aromatic carbocycles. The van der Waals surface area contributed by atoms with Crippen molar-refractivity contribution in [2.45, 2.75) is 45.1 Å². The van der Waals surface area contributed by atoms with E-state index in [9.17, 15) is 9.59 Å². The van der Waals surface area contributed by atoms with Gasteiger partial charge in [-0.25, -0.2) is 9.78 Å². The number of rotatable bonds is 4. The Morgan fingerprint density at radius 2 is 2.11 bits per heavy atom. The first-order valence-electron chi connectivity index (χ1n) is 6.83. The quantitative estimate of drug-likeness (QED) is 0.896. The Hall–Kier alpha value is -1.85. The van der Waals surface area contributed by atoms with E-state index >= 15 is 0 Å². The number of H-pyrrole nitrogens is 1. The summed E-state index contributed by atoms with van der Waals surface area (Å²) in [6.45, 7) is 2.93. The Bertz CT molecular complexity index is 733. The molecule has 6 heteroatoms. The second-order valence-corrected chi connectivity index (χ2v) is 5.24. The largest absolute Gasteiger partial charge is 0.329 e. The fourth-order valence-corrected chi connectivity index (χ4v) is 2.38. The second kappa shape index (κ2) is 4.36. The Kier molecular flexibility index (Phi) is 2.80. The van der Waals surface area contributed by atoms with Crippen molar-refractivity contribution < 1.29 is 0 Å². The summed E-state index contributed by atoms with van der Waals surface area (Å²) in [6.07, 6.45) is 4.33. The maximum Gasteiger partial charge on any atom is 0.329 e. The van der Waals surface area contributed by atoms with E-state index in [1.165, 1.54) is 7.05 Å². The van der Waals surface area contributed by atoms with Gasteiger partial charge in [-0.3, -0.25) is 14.3 Å². The lowest BCUT2D eigenvalue weighted by atomic mass is 10.3. The van der Waals surface area contributed by atoms with Crippen LogP contribution in [0.1, 0.15) is 44.3 Å². The monoisotopic (exact) mass is 262 g/mol. The Morgan fingerprint density at radius 1 is 1.37 bits per heavy atom. The third-order valence-electron chi connectivity index (χ3n) is 3.71. The summed E-state index contributed by atoms with van der Waals surface area (Å²) in [4.78, 5) is 31.1. The second-order valence-electron chi connectivity index (χ2n) is 5.24. The summed E-state index contributed by atoms with van der Waals surface area (Å²) in [6, 6.07) is 0. The lowest BCUT2D eigenvalue weighted by Gasteiger charge is -2.07. The molecule has 2 aromatic heterocycles. The van der Waals surface area contributed by atoms with Crippen molar-refractivity contribution in [3.05, 3.63) is 26.7 Å². The molecule has 0 saturated heterocycles. The van der Waals surface area contributed by atoms with E-state index in [0.29, 0.717) is 17.1 Å². The molecule has 2 aromatic rings. The molecule has 1 aliphatic carbocycles. The number of fused-ring (bicyclic) bond motifs is 1. The zero-order valence-electron chi connectivity index (χ0n) is 11.3. The molecule has 0 atom stereocenters.